The van der Waals surface area contributed by atoms with Crippen molar-refractivity contribution in [2.24, 2.45) is 0 Å². The lowest BCUT2D eigenvalue weighted by molar-refractivity contribution is 0.195. The highest BCUT2D eigenvalue weighted by molar-refractivity contribution is 5.51. The van der Waals surface area contributed by atoms with E-state index in [-0.39, 0.29) is 0 Å². The molecule has 1 unspecified atom stereocenters. The third kappa shape index (κ3) is 3.14. The quantitative estimate of drug-likeness (QED) is 0.863. The molecule has 116 valence electrons. The van der Waals surface area contributed by atoms with E-state index in [2.05, 4.69) is 65.9 Å². The summed E-state index contributed by atoms with van der Waals surface area (Å²) in [5.74, 6) is 0. The minimum absolute atomic E-state index is 0.392. The van der Waals surface area contributed by atoms with Gasteiger partial charge in [0.15, 0.2) is 0 Å². The van der Waals surface area contributed by atoms with Crippen molar-refractivity contribution in [2.45, 2.75) is 26.8 Å². The van der Waals surface area contributed by atoms with Crippen molar-refractivity contribution in [3.05, 3.63) is 59.4 Å². The summed E-state index contributed by atoms with van der Waals surface area (Å²) >= 11 is 0. The van der Waals surface area contributed by atoms with Gasteiger partial charge in [-0.25, -0.2) is 0 Å². The maximum Gasteiger partial charge on any atom is 0.0572 e. The van der Waals surface area contributed by atoms with Crippen LogP contribution in [0.3, 0.4) is 0 Å². The van der Waals surface area contributed by atoms with E-state index in [0.29, 0.717) is 6.04 Å². The Kier molecular flexibility index (Phi) is 4.44. The highest BCUT2D eigenvalue weighted by Crippen LogP contribution is 2.24. The largest absolute Gasteiger partial charge is 0.369 e. The van der Waals surface area contributed by atoms with Crippen molar-refractivity contribution in [1.29, 1.82) is 0 Å². The Morgan fingerprint density at radius 2 is 1.73 bits per heavy atom. The Bertz CT molecular complexity index is 616. The summed E-state index contributed by atoms with van der Waals surface area (Å²) in [7, 11) is 0. The van der Waals surface area contributed by atoms with Crippen molar-refractivity contribution < 1.29 is 0 Å². The summed E-state index contributed by atoms with van der Waals surface area (Å²) < 4.78 is 0. The summed E-state index contributed by atoms with van der Waals surface area (Å²) in [6.45, 7) is 11.0. The fourth-order valence-corrected chi connectivity index (χ4v) is 3.10. The maximum atomic E-state index is 4.50. The Labute approximate surface area is 133 Å². The van der Waals surface area contributed by atoms with Gasteiger partial charge in [0, 0.05) is 44.1 Å². The smallest absolute Gasteiger partial charge is 0.0572 e. The number of nitrogens with zero attached hydrogens (tertiary/aromatic N) is 3. The zero-order chi connectivity index (χ0) is 15.5. The van der Waals surface area contributed by atoms with Crippen LogP contribution in [0.1, 0.15) is 29.8 Å². The summed E-state index contributed by atoms with van der Waals surface area (Å²) in [5.41, 5.74) is 5.27. The van der Waals surface area contributed by atoms with Crippen LogP contribution in [0.4, 0.5) is 5.69 Å². The van der Waals surface area contributed by atoms with Gasteiger partial charge in [0.25, 0.3) is 0 Å². The van der Waals surface area contributed by atoms with Crippen LogP contribution < -0.4 is 4.90 Å². The second-order valence-corrected chi connectivity index (χ2v) is 6.22. The van der Waals surface area contributed by atoms with Gasteiger partial charge in [-0.15, -0.1) is 0 Å². The average Bonchev–Trinajstić information content (AvgIpc) is 2.58. The van der Waals surface area contributed by atoms with Crippen molar-refractivity contribution in [2.75, 3.05) is 31.1 Å². The molecule has 2 aromatic rings. The monoisotopic (exact) mass is 295 g/mol. The van der Waals surface area contributed by atoms with Gasteiger partial charge in [-0.1, -0.05) is 12.1 Å². The molecule has 1 fully saturated rings. The summed E-state index contributed by atoms with van der Waals surface area (Å²) in [6.07, 6.45) is 1.89. The van der Waals surface area contributed by atoms with Crippen molar-refractivity contribution in [3.8, 4) is 0 Å². The molecule has 0 saturated carbocycles. The number of anilines is 1. The van der Waals surface area contributed by atoms with E-state index in [1.807, 2.05) is 12.3 Å². The Hall–Kier alpha value is -1.87. The lowest BCUT2D eigenvalue weighted by atomic mass is 10.1. The van der Waals surface area contributed by atoms with E-state index in [0.717, 1.165) is 26.2 Å². The van der Waals surface area contributed by atoms with Gasteiger partial charge in [-0.2, -0.15) is 0 Å². The maximum absolute atomic E-state index is 4.50. The first kappa shape index (κ1) is 15.0. The van der Waals surface area contributed by atoms with Crippen LogP contribution in [-0.2, 0) is 0 Å². The predicted molar refractivity (Wildman–Crippen MR) is 92.4 cm³/mol. The molecule has 0 radical (unpaired) electrons. The molecule has 0 bridgehead atoms. The molecule has 1 aliphatic heterocycles. The van der Waals surface area contributed by atoms with Crippen LogP contribution >= 0.6 is 0 Å². The van der Waals surface area contributed by atoms with Crippen LogP contribution in [0.2, 0.25) is 0 Å². The first-order valence-corrected chi connectivity index (χ1v) is 8.12. The molecule has 1 aromatic carbocycles. The molecular weight excluding hydrogens is 270 g/mol. The molecule has 0 amide bonds. The van der Waals surface area contributed by atoms with Gasteiger partial charge >= 0.3 is 0 Å². The van der Waals surface area contributed by atoms with E-state index in [4.69, 9.17) is 0 Å². The number of rotatable bonds is 3. The standard InChI is InChI=1S/C19H25N3/c1-15-7-8-18(14-16(15)2)22-12-10-21(11-13-22)17(3)19-6-4-5-9-20-19/h4-9,14,17H,10-13H2,1-3H3. The van der Waals surface area contributed by atoms with Crippen molar-refractivity contribution in [3.63, 3.8) is 0 Å². The minimum atomic E-state index is 0.392. The van der Waals surface area contributed by atoms with Gasteiger partial charge in [0.05, 0.1) is 5.69 Å². The molecule has 3 nitrogen and oxygen atoms in total. The second kappa shape index (κ2) is 6.49. The fraction of sp³-hybridized carbons (Fsp3) is 0.421. The highest BCUT2D eigenvalue weighted by atomic mass is 15.3. The zero-order valence-corrected chi connectivity index (χ0v) is 13.8. The molecule has 3 rings (SSSR count). The fourth-order valence-electron chi connectivity index (χ4n) is 3.10. The number of piperazine rings is 1. The SMILES string of the molecule is Cc1ccc(N2CCN(C(C)c3ccccn3)CC2)cc1C. The lowest BCUT2D eigenvalue weighted by Crippen LogP contribution is -2.47. The van der Waals surface area contributed by atoms with Crippen LogP contribution in [-0.4, -0.2) is 36.1 Å². The van der Waals surface area contributed by atoms with Crippen LogP contribution in [0.5, 0.6) is 0 Å². The van der Waals surface area contributed by atoms with E-state index in [1.165, 1.54) is 22.5 Å². The molecule has 2 heterocycles. The van der Waals surface area contributed by atoms with E-state index < -0.39 is 0 Å². The summed E-state index contributed by atoms with van der Waals surface area (Å²) in [4.78, 5) is 9.52. The minimum Gasteiger partial charge on any atom is -0.369 e. The summed E-state index contributed by atoms with van der Waals surface area (Å²) in [6, 6.07) is 13.4. The average molecular weight is 295 g/mol. The van der Waals surface area contributed by atoms with Crippen LogP contribution in [0, 0.1) is 13.8 Å². The van der Waals surface area contributed by atoms with Gasteiger partial charge in [0.1, 0.15) is 0 Å². The normalized spacial score (nSPS) is 17.5. The van der Waals surface area contributed by atoms with E-state index in [1.54, 1.807) is 0 Å². The Balaban J connectivity index is 1.64. The highest BCUT2D eigenvalue weighted by Gasteiger charge is 2.22. The van der Waals surface area contributed by atoms with Crippen LogP contribution in [0.25, 0.3) is 0 Å². The van der Waals surface area contributed by atoms with Gasteiger partial charge in [0.2, 0.25) is 0 Å². The number of aryl methyl sites for hydroxylation is 2. The van der Waals surface area contributed by atoms with Gasteiger partial charge in [-0.05, 0) is 56.2 Å². The van der Waals surface area contributed by atoms with Gasteiger partial charge in [-0.3, -0.25) is 9.88 Å². The number of pyridine rings is 1. The Morgan fingerprint density at radius 1 is 0.955 bits per heavy atom. The molecular formula is C19H25N3. The van der Waals surface area contributed by atoms with Crippen LogP contribution in [0.15, 0.2) is 42.6 Å². The molecule has 1 aromatic heterocycles. The second-order valence-electron chi connectivity index (χ2n) is 6.22. The van der Waals surface area contributed by atoms with E-state index >= 15 is 0 Å². The Morgan fingerprint density at radius 3 is 2.36 bits per heavy atom. The number of hydrogen-bond acceptors (Lipinski definition) is 3. The lowest BCUT2D eigenvalue weighted by Gasteiger charge is -2.39. The molecule has 1 saturated heterocycles. The molecule has 1 atom stereocenters. The molecule has 0 N–H and O–H groups in total. The molecule has 3 heteroatoms. The zero-order valence-electron chi connectivity index (χ0n) is 13.8. The number of aromatic nitrogens is 1. The summed E-state index contributed by atoms with van der Waals surface area (Å²) in [5, 5.41) is 0. The third-order valence-electron chi connectivity index (χ3n) is 4.83. The topological polar surface area (TPSA) is 19.4 Å². The molecule has 0 spiro atoms. The molecule has 22 heavy (non-hydrogen) atoms. The first-order valence-electron chi connectivity index (χ1n) is 8.12. The number of benzene rings is 1. The number of hydrogen-bond donors (Lipinski definition) is 0. The van der Waals surface area contributed by atoms with Crippen molar-refractivity contribution in [1.82, 2.24) is 9.88 Å². The van der Waals surface area contributed by atoms with Gasteiger partial charge < -0.3 is 4.90 Å². The molecule has 0 aliphatic carbocycles. The third-order valence-corrected chi connectivity index (χ3v) is 4.83. The van der Waals surface area contributed by atoms with E-state index in [9.17, 15) is 0 Å². The first-order chi connectivity index (χ1) is 10.6. The van der Waals surface area contributed by atoms with Crippen molar-refractivity contribution >= 4 is 5.69 Å². The predicted octanol–water partition coefficient (Wildman–Crippen LogP) is 3.58. The molecule has 1 aliphatic rings.